The molecule has 2 N–H and O–H groups in total. The van der Waals surface area contributed by atoms with Crippen molar-refractivity contribution in [3.05, 3.63) is 58.6 Å². The lowest BCUT2D eigenvalue weighted by Gasteiger charge is -2.12. The zero-order valence-electron chi connectivity index (χ0n) is 13.8. The quantitative estimate of drug-likeness (QED) is 0.665. The molecule has 2 aromatic carbocycles. The van der Waals surface area contributed by atoms with Crippen LogP contribution in [0, 0.1) is 11.6 Å². The van der Waals surface area contributed by atoms with Crippen molar-refractivity contribution in [3.63, 3.8) is 0 Å². The fraction of sp³-hybridized carbons (Fsp3) is 0.188. The molecule has 0 unspecified atom stereocenters. The average Bonchev–Trinajstić information content (AvgIpc) is 2.57. The molecule has 0 aliphatic heterocycles. The first kappa shape index (κ1) is 22.1. The van der Waals surface area contributed by atoms with Gasteiger partial charge < -0.3 is 5.32 Å². The number of alkyl halides is 3. The van der Waals surface area contributed by atoms with Crippen LogP contribution in [-0.2, 0) is 21.0 Å². The van der Waals surface area contributed by atoms with Gasteiger partial charge in [0.05, 0.1) is 15.5 Å². The molecule has 0 aliphatic carbocycles. The van der Waals surface area contributed by atoms with Gasteiger partial charge in [-0.2, -0.15) is 13.2 Å². The summed E-state index contributed by atoms with van der Waals surface area (Å²) in [5, 5.41) is 1.57. The fourth-order valence-electron chi connectivity index (χ4n) is 2.07. The van der Waals surface area contributed by atoms with E-state index in [9.17, 15) is 35.2 Å². The maximum atomic E-state index is 13.1. The molecule has 0 spiro atoms. The van der Waals surface area contributed by atoms with Crippen molar-refractivity contribution in [2.24, 2.45) is 0 Å². The molecule has 12 heteroatoms. The topological polar surface area (TPSA) is 75.3 Å². The molecule has 152 valence electrons. The Bertz CT molecular complexity index is 996. The van der Waals surface area contributed by atoms with E-state index in [2.05, 4.69) is 5.32 Å². The normalized spacial score (nSPS) is 12.1. The van der Waals surface area contributed by atoms with Crippen LogP contribution >= 0.6 is 11.6 Å². The highest BCUT2D eigenvalue weighted by atomic mass is 35.5. The minimum absolute atomic E-state index is 0.0423. The second kappa shape index (κ2) is 8.41. The van der Waals surface area contributed by atoms with Gasteiger partial charge in [0.1, 0.15) is 0 Å². The Hall–Kier alpha value is -2.24. The third kappa shape index (κ3) is 5.63. The molecule has 2 aromatic rings. The molecular formula is C16H12ClF5N2O3S. The lowest BCUT2D eigenvalue weighted by Crippen LogP contribution is -2.28. The van der Waals surface area contributed by atoms with Gasteiger partial charge in [0, 0.05) is 24.7 Å². The van der Waals surface area contributed by atoms with Gasteiger partial charge in [0.15, 0.2) is 11.6 Å². The SMILES string of the molecule is O=C(CCNS(=O)(=O)c1ccc(Cl)c(C(F)(F)F)c1)Nc1ccc(F)c(F)c1. The molecule has 5 nitrogen and oxygen atoms in total. The van der Waals surface area contributed by atoms with E-state index >= 15 is 0 Å². The van der Waals surface area contributed by atoms with Gasteiger partial charge >= 0.3 is 6.18 Å². The van der Waals surface area contributed by atoms with Gasteiger partial charge in [0.2, 0.25) is 15.9 Å². The zero-order valence-corrected chi connectivity index (χ0v) is 15.4. The van der Waals surface area contributed by atoms with Gasteiger partial charge in [-0.05, 0) is 30.3 Å². The van der Waals surface area contributed by atoms with Gasteiger partial charge in [-0.25, -0.2) is 21.9 Å². The standard InChI is InChI=1S/C16H12ClF5N2O3S/c17-12-3-2-10(8-11(12)16(20,21)22)28(26,27)23-6-5-15(25)24-9-1-4-13(18)14(19)7-9/h1-4,7-8,23H,5-6H2,(H,24,25). The third-order valence-corrected chi connectivity index (χ3v) is 5.19. The molecule has 0 saturated carbocycles. The van der Waals surface area contributed by atoms with Crippen LogP contribution in [0.1, 0.15) is 12.0 Å². The first-order valence-corrected chi connectivity index (χ1v) is 9.37. The summed E-state index contributed by atoms with van der Waals surface area (Å²) in [7, 11) is -4.34. The minimum Gasteiger partial charge on any atom is -0.326 e. The molecular weight excluding hydrogens is 431 g/mol. The van der Waals surface area contributed by atoms with E-state index in [4.69, 9.17) is 11.6 Å². The monoisotopic (exact) mass is 442 g/mol. The van der Waals surface area contributed by atoms with Crippen LogP contribution in [0.4, 0.5) is 27.6 Å². The maximum absolute atomic E-state index is 13.1. The molecule has 0 fully saturated rings. The summed E-state index contributed by atoms with van der Waals surface area (Å²) in [4.78, 5) is 11.1. The van der Waals surface area contributed by atoms with E-state index < -0.39 is 62.2 Å². The largest absolute Gasteiger partial charge is 0.417 e. The van der Waals surface area contributed by atoms with Crippen LogP contribution < -0.4 is 10.0 Å². The number of nitrogens with one attached hydrogen (secondary N) is 2. The summed E-state index contributed by atoms with van der Waals surface area (Å²) in [5.74, 6) is -3.01. The Morgan fingerprint density at radius 2 is 1.71 bits per heavy atom. The third-order valence-electron chi connectivity index (χ3n) is 3.40. The number of carbonyl (C=O) groups excluding carboxylic acids is 1. The van der Waals surface area contributed by atoms with E-state index in [1.54, 1.807) is 0 Å². The van der Waals surface area contributed by atoms with Crippen molar-refractivity contribution in [2.45, 2.75) is 17.5 Å². The predicted molar refractivity (Wildman–Crippen MR) is 91.2 cm³/mol. The van der Waals surface area contributed by atoms with E-state index in [0.29, 0.717) is 6.07 Å². The second-order valence-electron chi connectivity index (χ2n) is 5.46. The lowest BCUT2D eigenvalue weighted by atomic mass is 10.2. The molecule has 0 aromatic heterocycles. The van der Waals surface area contributed by atoms with E-state index in [-0.39, 0.29) is 5.69 Å². The molecule has 0 radical (unpaired) electrons. The smallest absolute Gasteiger partial charge is 0.326 e. The zero-order chi connectivity index (χ0) is 21.1. The Balaban J connectivity index is 2.00. The number of rotatable bonds is 6. The number of benzene rings is 2. The van der Waals surface area contributed by atoms with Crippen LogP contribution in [0.2, 0.25) is 5.02 Å². The van der Waals surface area contributed by atoms with Gasteiger partial charge in [-0.1, -0.05) is 11.6 Å². The summed E-state index contributed by atoms with van der Waals surface area (Å²) in [6.07, 6.45) is -5.25. The summed E-state index contributed by atoms with van der Waals surface area (Å²) < 4.78 is 90.6. The van der Waals surface area contributed by atoms with Crippen molar-refractivity contribution in [2.75, 3.05) is 11.9 Å². The van der Waals surface area contributed by atoms with Crippen molar-refractivity contribution >= 4 is 33.2 Å². The Kier molecular flexibility index (Phi) is 6.63. The fourth-order valence-corrected chi connectivity index (χ4v) is 3.35. The number of anilines is 1. The van der Waals surface area contributed by atoms with Crippen molar-refractivity contribution in [3.8, 4) is 0 Å². The Morgan fingerprint density at radius 1 is 1.04 bits per heavy atom. The van der Waals surface area contributed by atoms with E-state index in [0.717, 1.165) is 30.3 Å². The highest BCUT2D eigenvalue weighted by Gasteiger charge is 2.34. The summed E-state index contributed by atoms with van der Waals surface area (Å²) >= 11 is 5.44. The summed E-state index contributed by atoms with van der Waals surface area (Å²) in [6.45, 7) is -0.443. The molecule has 28 heavy (non-hydrogen) atoms. The van der Waals surface area contributed by atoms with Crippen LogP contribution in [0.3, 0.4) is 0 Å². The Labute approximate surface area is 161 Å². The molecule has 0 saturated heterocycles. The van der Waals surface area contributed by atoms with Gasteiger partial charge in [0.25, 0.3) is 0 Å². The molecule has 0 atom stereocenters. The summed E-state index contributed by atoms with van der Waals surface area (Å²) in [6, 6.07) is 4.71. The van der Waals surface area contributed by atoms with E-state index in [1.165, 1.54) is 0 Å². The van der Waals surface area contributed by atoms with Gasteiger partial charge in [-0.3, -0.25) is 4.79 Å². The summed E-state index contributed by atoms with van der Waals surface area (Å²) in [5.41, 5.74) is -1.35. The number of carbonyl (C=O) groups is 1. The van der Waals surface area contributed by atoms with Crippen LogP contribution in [0.5, 0.6) is 0 Å². The predicted octanol–water partition coefficient (Wildman–Crippen LogP) is 3.94. The number of halogens is 6. The highest BCUT2D eigenvalue weighted by molar-refractivity contribution is 7.89. The number of hydrogen-bond acceptors (Lipinski definition) is 3. The van der Waals surface area contributed by atoms with Crippen molar-refractivity contribution in [1.82, 2.24) is 4.72 Å². The number of sulfonamides is 1. The number of amides is 1. The first-order valence-electron chi connectivity index (χ1n) is 7.51. The van der Waals surface area contributed by atoms with E-state index in [1.807, 2.05) is 4.72 Å². The maximum Gasteiger partial charge on any atom is 0.417 e. The molecule has 2 rings (SSSR count). The first-order chi connectivity index (χ1) is 12.9. The Morgan fingerprint density at radius 3 is 2.32 bits per heavy atom. The van der Waals surface area contributed by atoms with Gasteiger partial charge in [-0.15, -0.1) is 0 Å². The minimum atomic E-state index is -4.84. The highest BCUT2D eigenvalue weighted by Crippen LogP contribution is 2.35. The molecule has 0 heterocycles. The van der Waals surface area contributed by atoms with Crippen molar-refractivity contribution < 1.29 is 35.2 Å². The van der Waals surface area contributed by atoms with Crippen molar-refractivity contribution in [1.29, 1.82) is 0 Å². The second-order valence-corrected chi connectivity index (χ2v) is 7.64. The van der Waals surface area contributed by atoms with Crippen LogP contribution in [0.15, 0.2) is 41.3 Å². The number of hydrogen-bond donors (Lipinski definition) is 2. The van der Waals surface area contributed by atoms with Crippen LogP contribution in [-0.4, -0.2) is 20.9 Å². The molecule has 0 aliphatic rings. The average molecular weight is 443 g/mol. The lowest BCUT2D eigenvalue weighted by molar-refractivity contribution is -0.137. The molecule has 1 amide bonds. The van der Waals surface area contributed by atoms with Crippen LogP contribution in [0.25, 0.3) is 0 Å². The molecule has 0 bridgehead atoms.